The van der Waals surface area contributed by atoms with E-state index in [4.69, 9.17) is 0 Å². The Labute approximate surface area is 150 Å². The molecule has 0 fully saturated rings. The number of hydrogen-bond acceptors (Lipinski definition) is 4. The van der Waals surface area contributed by atoms with Gasteiger partial charge in [-0.25, -0.2) is 9.78 Å². The number of rotatable bonds is 1. The Bertz CT molecular complexity index is 1150. The van der Waals surface area contributed by atoms with Crippen LogP contribution in [0.15, 0.2) is 33.9 Å². The van der Waals surface area contributed by atoms with Gasteiger partial charge in [-0.3, -0.25) is 18.8 Å². The molecular formula is C19H21N5O2. The molecule has 2 aliphatic rings. The van der Waals surface area contributed by atoms with Crippen molar-refractivity contribution in [2.45, 2.75) is 32.0 Å². The van der Waals surface area contributed by atoms with Crippen LogP contribution in [-0.4, -0.2) is 30.1 Å². The second-order valence-corrected chi connectivity index (χ2v) is 7.28. The Morgan fingerprint density at radius 2 is 1.88 bits per heavy atom. The van der Waals surface area contributed by atoms with Gasteiger partial charge in [0.05, 0.1) is 6.54 Å². The van der Waals surface area contributed by atoms with Gasteiger partial charge in [-0.1, -0.05) is 24.3 Å². The molecule has 0 radical (unpaired) electrons. The number of hydrogen-bond donors (Lipinski definition) is 0. The Morgan fingerprint density at radius 1 is 1.08 bits per heavy atom. The average molecular weight is 351 g/mol. The van der Waals surface area contributed by atoms with Crippen molar-refractivity contribution in [3.8, 4) is 0 Å². The largest absolute Gasteiger partial charge is 0.332 e. The second kappa shape index (κ2) is 5.41. The van der Waals surface area contributed by atoms with Gasteiger partial charge in [0, 0.05) is 33.2 Å². The molecule has 0 saturated heterocycles. The summed E-state index contributed by atoms with van der Waals surface area (Å²) in [6.07, 6.45) is 2.24. The van der Waals surface area contributed by atoms with Crippen molar-refractivity contribution in [2.24, 2.45) is 14.1 Å². The Kier molecular flexibility index (Phi) is 3.24. The van der Waals surface area contributed by atoms with Crippen LogP contribution in [0.2, 0.25) is 0 Å². The standard InChI is InChI=1S/C19H21N5O2/c1-21-17-16(18(25)22(2)19(21)26)24-10-9-23(11-15(24)20-17)14-8-7-12-5-3-4-6-13(12)14/h3-6,14H,7-11H2,1-2H3/t14-/m1/s1. The number of aromatic nitrogens is 4. The monoisotopic (exact) mass is 351 g/mol. The van der Waals surface area contributed by atoms with Gasteiger partial charge < -0.3 is 4.57 Å². The Morgan fingerprint density at radius 3 is 2.73 bits per heavy atom. The summed E-state index contributed by atoms with van der Waals surface area (Å²) in [5, 5.41) is 0. The van der Waals surface area contributed by atoms with Gasteiger partial charge in [0.1, 0.15) is 5.82 Å². The Hall–Kier alpha value is -2.67. The summed E-state index contributed by atoms with van der Waals surface area (Å²) in [7, 11) is 3.20. The maximum absolute atomic E-state index is 12.6. The fourth-order valence-corrected chi connectivity index (χ4v) is 4.52. The van der Waals surface area contributed by atoms with Crippen LogP contribution in [0, 0.1) is 0 Å². The van der Waals surface area contributed by atoms with Gasteiger partial charge in [0.15, 0.2) is 11.2 Å². The average Bonchev–Trinajstić information content (AvgIpc) is 3.25. The third-order valence-corrected chi connectivity index (χ3v) is 5.92. The summed E-state index contributed by atoms with van der Waals surface area (Å²) in [5.74, 6) is 0.869. The predicted molar refractivity (Wildman–Crippen MR) is 98.1 cm³/mol. The minimum absolute atomic E-state index is 0.262. The molecule has 7 heteroatoms. The number of benzene rings is 1. The van der Waals surface area contributed by atoms with Gasteiger partial charge in [-0.05, 0) is 24.0 Å². The van der Waals surface area contributed by atoms with E-state index in [1.165, 1.54) is 22.7 Å². The third-order valence-electron chi connectivity index (χ3n) is 5.92. The zero-order valence-corrected chi connectivity index (χ0v) is 15.0. The summed E-state index contributed by atoms with van der Waals surface area (Å²) in [6, 6.07) is 9.06. The van der Waals surface area contributed by atoms with Crippen molar-refractivity contribution in [3.05, 3.63) is 62.1 Å². The predicted octanol–water partition coefficient (Wildman–Crippen LogP) is 0.937. The van der Waals surface area contributed by atoms with E-state index in [-0.39, 0.29) is 11.2 Å². The van der Waals surface area contributed by atoms with E-state index in [2.05, 4.69) is 34.1 Å². The van der Waals surface area contributed by atoms with Gasteiger partial charge in [-0.2, -0.15) is 0 Å². The lowest BCUT2D eigenvalue weighted by Crippen LogP contribution is -2.39. The van der Waals surface area contributed by atoms with Gasteiger partial charge in [0.2, 0.25) is 0 Å². The fraction of sp³-hybridized carbons (Fsp3) is 0.421. The molecule has 0 N–H and O–H groups in total. The third kappa shape index (κ3) is 2.00. The van der Waals surface area contributed by atoms with Crippen molar-refractivity contribution < 1.29 is 0 Å². The molecular weight excluding hydrogens is 330 g/mol. The molecule has 1 aromatic carbocycles. The minimum Gasteiger partial charge on any atom is -0.320 e. The highest BCUT2D eigenvalue weighted by Gasteiger charge is 2.32. The van der Waals surface area contributed by atoms with Crippen LogP contribution in [0.1, 0.15) is 29.4 Å². The molecule has 0 amide bonds. The molecule has 5 rings (SSSR count). The first-order chi connectivity index (χ1) is 12.6. The molecule has 1 aliphatic carbocycles. The summed E-state index contributed by atoms with van der Waals surface area (Å²) < 4.78 is 4.63. The van der Waals surface area contributed by atoms with E-state index in [0.717, 1.165) is 36.3 Å². The van der Waals surface area contributed by atoms with E-state index >= 15 is 0 Å². The molecule has 0 bridgehead atoms. The number of fused-ring (bicyclic) bond motifs is 4. The maximum Gasteiger partial charge on any atom is 0.332 e. The fourth-order valence-electron chi connectivity index (χ4n) is 4.52. The van der Waals surface area contributed by atoms with Crippen LogP contribution in [0.25, 0.3) is 11.2 Å². The molecule has 0 spiro atoms. The molecule has 134 valence electrons. The topological polar surface area (TPSA) is 65.1 Å². The van der Waals surface area contributed by atoms with Gasteiger partial charge >= 0.3 is 5.69 Å². The van der Waals surface area contributed by atoms with Crippen molar-refractivity contribution >= 4 is 11.2 Å². The van der Waals surface area contributed by atoms with Crippen LogP contribution in [0.5, 0.6) is 0 Å². The van der Waals surface area contributed by atoms with Crippen molar-refractivity contribution in [3.63, 3.8) is 0 Å². The maximum atomic E-state index is 12.6. The highest BCUT2D eigenvalue weighted by molar-refractivity contribution is 5.71. The smallest absolute Gasteiger partial charge is 0.320 e. The SMILES string of the molecule is Cn1c(=O)c2c(nc3n2CCN([C@@H]2CCc4ccccc42)C3)n(C)c1=O. The van der Waals surface area contributed by atoms with E-state index in [1.54, 1.807) is 7.05 Å². The first-order valence-electron chi connectivity index (χ1n) is 9.03. The van der Waals surface area contributed by atoms with Crippen LogP contribution in [0.3, 0.4) is 0 Å². The lowest BCUT2D eigenvalue weighted by Gasteiger charge is -2.33. The van der Waals surface area contributed by atoms with Crippen LogP contribution in [-0.2, 0) is 33.6 Å². The molecule has 7 nitrogen and oxygen atoms in total. The van der Waals surface area contributed by atoms with Crippen molar-refractivity contribution in [1.29, 1.82) is 0 Å². The highest BCUT2D eigenvalue weighted by atomic mass is 16.2. The first-order valence-corrected chi connectivity index (χ1v) is 9.03. The van der Waals surface area contributed by atoms with Crippen molar-refractivity contribution in [1.82, 2.24) is 23.6 Å². The normalized spacial score (nSPS) is 19.7. The molecule has 0 unspecified atom stereocenters. The van der Waals surface area contributed by atoms with Gasteiger partial charge in [-0.15, -0.1) is 0 Å². The minimum atomic E-state index is -0.334. The quantitative estimate of drug-likeness (QED) is 0.654. The molecule has 26 heavy (non-hydrogen) atoms. The molecule has 2 aromatic heterocycles. The molecule has 1 atom stereocenters. The van der Waals surface area contributed by atoms with Gasteiger partial charge in [0.25, 0.3) is 5.56 Å². The lowest BCUT2D eigenvalue weighted by molar-refractivity contribution is 0.153. The van der Waals surface area contributed by atoms with Crippen LogP contribution in [0.4, 0.5) is 0 Å². The number of nitrogens with zero attached hydrogens (tertiary/aromatic N) is 5. The molecule has 0 saturated carbocycles. The lowest BCUT2D eigenvalue weighted by atomic mass is 10.1. The summed E-state index contributed by atoms with van der Waals surface area (Å²) in [5.41, 5.74) is 3.28. The number of aryl methyl sites for hydroxylation is 2. The zero-order valence-electron chi connectivity index (χ0n) is 15.0. The van der Waals surface area contributed by atoms with E-state index in [9.17, 15) is 9.59 Å². The summed E-state index contributed by atoms with van der Waals surface area (Å²) in [4.78, 5) is 31.9. The Balaban J connectivity index is 1.59. The first kappa shape index (κ1) is 15.6. The zero-order chi connectivity index (χ0) is 18.0. The summed E-state index contributed by atoms with van der Waals surface area (Å²) in [6.45, 7) is 2.30. The summed E-state index contributed by atoms with van der Waals surface area (Å²) >= 11 is 0. The van der Waals surface area contributed by atoms with Crippen molar-refractivity contribution in [2.75, 3.05) is 6.54 Å². The van der Waals surface area contributed by atoms with Crippen LogP contribution >= 0.6 is 0 Å². The van der Waals surface area contributed by atoms with E-state index in [0.29, 0.717) is 23.8 Å². The van der Waals surface area contributed by atoms with E-state index < -0.39 is 0 Å². The molecule has 3 heterocycles. The second-order valence-electron chi connectivity index (χ2n) is 7.28. The molecule has 3 aromatic rings. The number of imidazole rings is 1. The molecule has 1 aliphatic heterocycles. The van der Waals surface area contributed by atoms with E-state index in [1.807, 2.05) is 4.57 Å². The van der Waals surface area contributed by atoms with Crippen LogP contribution < -0.4 is 11.2 Å². The highest BCUT2D eigenvalue weighted by Crippen LogP contribution is 2.37.